The molecule has 2 aliphatic rings. The van der Waals surface area contributed by atoms with Crippen LogP contribution in [0.15, 0.2) is 53.4 Å². The van der Waals surface area contributed by atoms with E-state index in [1.54, 1.807) is 24.3 Å². The first-order chi connectivity index (χ1) is 16.9. The molecule has 1 amide bonds. The van der Waals surface area contributed by atoms with Gasteiger partial charge in [-0.1, -0.05) is 57.7 Å². The van der Waals surface area contributed by atoms with Gasteiger partial charge in [0.1, 0.15) is 17.7 Å². The third kappa shape index (κ3) is 4.75. The van der Waals surface area contributed by atoms with E-state index in [4.69, 9.17) is 23.2 Å². The first kappa shape index (κ1) is 24.4. The molecule has 8 nitrogen and oxygen atoms in total. The molecule has 35 heavy (non-hydrogen) atoms. The Hall–Kier alpha value is -2.30. The van der Waals surface area contributed by atoms with Crippen LogP contribution in [0.25, 0.3) is 0 Å². The lowest BCUT2D eigenvalue weighted by molar-refractivity contribution is -0.124. The summed E-state index contributed by atoms with van der Waals surface area (Å²) in [7, 11) is -3.67. The average Bonchev–Trinajstić information content (AvgIpc) is 3.46. The minimum absolute atomic E-state index is 0.0194. The quantitative estimate of drug-likeness (QED) is 0.479. The van der Waals surface area contributed by atoms with E-state index >= 15 is 0 Å². The molecule has 0 aliphatic carbocycles. The van der Waals surface area contributed by atoms with Gasteiger partial charge in [0.05, 0.1) is 5.02 Å². The van der Waals surface area contributed by atoms with Crippen molar-refractivity contribution in [2.45, 2.75) is 49.1 Å². The molecule has 2 aromatic carbocycles. The Morgan fingerprint density at radius 1 is 1.03 bits per heavy atom. The van der Waals surface area contributed by atoms with Crippen LogP contribution < -0.4 is 5.32 Å². The zero-order valence-corrected chi connectivity index (χ0v) is 21.2. The Labute approximate surface area is 215 Å². The molecule has 3 heterocycles. The lowest BCUT2D eigenvalue weighted by Crippen LogP contribution is -2.42. The minimum Gasteiger partial charge on any atom is -0.593 e. The van der Waals surface area contributed by atoms with Crippen molar-refractivity contribution in [2.24, 2.45) is 0 Å². The smallest absolute Gasteiger partial charge is 0.243 e. The Morgan fingerprint density at radius 3 is 2.43 bits per heavy atom. The largest absolute Gasteiger partial charge is 0.593 e. The van der Waals surface area contributed by atoms with Crippen LogP contribution in [-0.2, 0) is 32.4 Å². The van der Waals surface area contributed by atoms with E-state index in [9.17, 15) is 13.6 Å². The maximum Gasteiger partial charge on any atom is 0.243 e. The van der Waals surface area contributed by atoms with Crippen LogP contribution in [0.5, 0.6) is 0 Å². The predicted molar refractivity (Wildman–Crippen MR) is 133 cm³/mol. The van der Waals surface area contributed by atoms with Gasteiger partial charge in [-0.2, -0.15) is 0 Å². The molecule has 2 aliphatic heterocycles. The summed E-state index contributed by atoms with van der Waals surface area (Å²) in [5.41, 5.74) is 0.858. The first-order valence-electron chi connectivity index (χ1n) is 11.6. The summed E-state index contributed by atoms with van der Waals surface area (Å²) in [5.74, 6) is 1.48. The molecule has 0 radical (unpaired) electrons. The predicted octanol–water partition coefficient (Wildman–Crippen LogP) is 4.17. The average molecular weight is 534 g/mol. The fourth-order valence-corrected chi connectivity index (χ4v) is 7.02. The molecule has 2 unspecified atom stereocenters. The molecule has 184 valence electrons. The number of aromatic nitrogens is 3. The van der Waals surface area contributed by atoms with Gasteiger partial charge in [-0.15, -0.1) is 14.5 Å². The molecule has 0 spiro atoms. The summed E-state index contributed by atoms with van der Waals surface area (Å²) in [4.78, 5) is 13.2. The number of fused-ring (bicyclic) bond motifs is 1. The molecule has 11 heteroatoms. The van der Waals surface area contributed by atoms with Gasteiger partial charge in [0.15, 0.2) is 15.3 Å². The van der Waals surface area contributed by atoms with Crippen molar-refractivity contribution in [3.05, 3.63) is 75.8 Å². The fraction of sp³-hybridized carbons (Fsp3) is 0.375. The summed E-state index contributed by atoms with van der Waals surface area (Å²) >= 11 is 12.4. The lowest BCUT2D eigenvalue weighted by Gasteiger charge is -2.33. The third-order valence-electron chi connectivity index (χ3n) is 6.73. The van der Waals surface area contributed by atoms with Gasteiger partial charge in [0.2, 0.25) is 5.91 Å². The summed E-state index contributed by atoms with van der Waals surface area (Å²) in [6.45, 7) is 1.05. The molecule has 1 fully saturated rings. The van der Waals surface area contributed by atoms with Gasteiger partial charge in [-0.25, -0.2) is 0 Å². The molecular formula is C24H25Cl2N5O3S. The molecular weight excluding hydrogens is 509 g/mol. The van der Waals surface area contributed by atoms with Gasteiger partial charge in [0, 0.05) is 37.0 Å². The summed E-state index contributed by atoms with van der Waals surface area (Å²) in [5, 5.41) is 12.6. The van der Waals surface area contributed by atoms with E-state index in [-0.39, 0.29) is 27.8 Å². The van der Waals surface area contributed by atoms with Crippen molar-refractivity contribution in [1.82, 2.24) is 24.4 Å². The number of nitrogens with one attached hydrogen (secondary N) is 1. The topological polar surface area (TPSA) is 103 Å². The monoisotopic (exact) mass is 533 g/mol. The standard InChI is InChI=1S/C24H25Cl2N5O3S/c25-18-6-2-1-5-17(18)15-27-24(32)20-9-10-22-28-29-23(31(20)22)16-11-13-30(14-12-16)35(33,34)21-8-4-3-7-19(21)26/h1-8,16,20H,9-15H2,(H-,27,32,33,34). The van der Waals surface area contributed by atoms with E-state index in [0.717, 1.165) is 17.2 Å². The van der Waals surface area contributed by atoms with Crippen molar-refractivity contribution in [3.8, 4) is 0 Å². The van der Waals surface area contributed by atoms with E-state index in [1.165, 1.54) is 10.4 Å². The van der Waals surface area contributed by atoms with E-state index in [2.05, 4.69) is 15.5 Å². The fourth-order valence-electron chi connectivity index (χ4n) is 4.86. The number of aryl methyl sites for hydroxylation is 1. The Kier molecular flexibility index (Phi) is 6.96. The molecule has 5 rings (SSSR count). The zero-order chi connectivity index (χ0) is 24.6. The normalized spacial score (nSPS) is 20.4. The van der Waals surface area contributed by atoms with Gasteiger partial charge in [0.25, 0.3) is 0 Å². The number of amides is 1. The number of nitrogens with zero attached hydrogens (tertiary/aromatic N) is 4. The molecule has 2 atom stereocenters. The number of hydrogen-bond donors (Lipinski definition) is 1. The van der Waals surface area contributed by atoms with Crippen LogP contribution in [0.4, 0.5) is 0 Å². The van der Waals surface area contributed by atoms with Crippen LogP contribution in [0.2, 0.25) is 10.0 Å². The second-order valence-electron chi connectivity index (χ2n) is 8.82. The Bertz CT molecular complexity index is 1290. The molecule has 1 saturated heterocycles. The van der Waals surface area contributed by atoms with E-state index in [0.29, 0.717) is 50.3 Å². The maximum absolute atomic E-state index is 13.1. The summed E-state index contributed by atoms with van der Waals surface area (Å²) in [6.07, 6.45) is 2.52. The second kappa shape index (κ2) is 9.99. The summed E-state index contributed by atoms with van der Waals surface area (Å²) < 4.78 is 29.6. The molecule has 0 saturated carbocycles. The van der Waals surface area contributed by atoms with Crippen LogP contribution in [0.3, 0.4) is 0 Å². The number of hydrogen-bond acceptors (Lipinski definition) is 5. The number of carbonyl (C=O) groups is 1. The van der Waals surface area contributed by atoms with Crippen molar-refractivity contribution in [2.75, 3.05) is 13.1 Å². The Morgan fingerprint density at radius 2 is 1.71 bits per heavy atom. The highest BCUT2D eigenvalue weighted by atomic mass is 35.5. The summed E-state index contributed by atoms with van der Waals surface area (Å²) in [6, 6.07) is 13.5. The minimum atomic E-state index is -3.67. The van der Waals surface area contributed by atoms with Crippen LogP contribution >= 0.6 is 23.2 Å². The third-order valence-corrected chi connectivity index (χ3v) is 9.50. The number of benzene rings is 2. The number of carbonyl (C=O) groups excluding carboxylic acids is 1. The highest BCUT2D eigenvalue weighted by Gasteiger charge is 2.39. The number of halogens is 2. The number of piperidine rings is 1. The van der Waals surface area contributed by atoms with Crippen LogP contribution in [-0.4, -0.2) is 42.6 Å². The maximum atomic E-state index is 13.1. The van der Waals surface area contributed by atoms with Crippen molar-refractivity contribution < 1.29 is 13.6 Å². The van der Waals surface area contributed by atoms with E-state index in [1.807, 2.05) is 22.8 Å². The Balaban J connectivity index is 1.27. The van der Waals surface area contributed by atoms with Gasteiger partial charge < -0.3 is 14.4 Å². The molecule has 0 bridgehead atoms. The van der Waals surface area contributed by atoms with Crippen molar-refractivity contribution in [1.29, 1.82) is 0 Å². The molecule has 3 aromatic rings. The highest BCUT2D eigenvalue weighted by molar-refractivity contribution is 7.95. The SMILES string of the molecule is O=C(NCc1ccccc1Cl)C1CCc2nnc(C3CCN([S+](=O)([O-])c4ccccc4Cl)CC3)n21. The first-order valence-corrected chi connectivity index (χ1v) is 13.8. The molecule has 1 N–H and O–H groups in total. The van der Waals surface area contributed by atoms with Crippen molar-refractivity contribution in [3.63, 3.8) is 0 Å². The van der Waals surface area contributed by atoms with Crippen molar-refractivity contribution >= 4 is 39.5 Å². The van der Waals surface area contributed by atoms with Gasteiger partial charge >= 0.3 is 0 Å². The van der Waals surface area contributed by atoms with Gasteiger partial charge in [-0.05, 0) is 43.0 Å². The highest BCUT2D eigenvalue weighted by Crippen LogP contribution is 2.37. The van der Waals surface area contributed by atoms with Gasteiger partial charge in [-0.3, -0.25) is 4.79 Å². The number of rotatable bonds is 6. The number of sulfonamides is 1. The van der Waals surface area contributed by atoms with Crippen LogP contribution in [0, 0.1) is 0 Å². The van der Waals surface area contributed by atoms with E-state index < -0.39 is 10.4 Å². The lowest BCUT2D eigenvalue weighted by atomic mass is 9.97. The van der Waals surface area contributed by atoms with Crippen LogP contribution in [0.1, 0.15) is 48.4 Å². The molecule has 1 aromatic heterocycles. The zero-order valence-electron chi connectivity index (χ0n) is 18.9. The second-order valence-corrected chi connectivity index (χ2v) is 11.5.